The maximum atomic E-state index is 13.7. The monoisotopic (exact) mass is 446 g/mol. The lowest BCUT2D eigenvalue weighted by molar-refractivity contribution is -0.143. The highest BCUT2D eigenvalue weighted by molar-refractivity contribution is 5.97. The molecule has 8 nitrogen and oxygen atoms in total. The Morgan fingerprint density at radius 2 is 1.75 bits per heavy atom. The van der Waals surface area contributed by atoms with Gasteiger partial charge in [-0.15, -0.1) is 0 Å². The van der Waals surface area contributed by atoms with E-state index in [2.05, 4.69) is 10.5 Å². The molecule has 3 aromatic rings. The molecule has 0 saturated heterocycles. The minimum Gasteiger partial charge on any atom is -0.485 e. The van der Waals surface area contributed by atoms with Gasteiger partial charge in [0.15, 0.2) is 17.2 Å². The van der Waals surface area contributed by atoms with Gasteiger partial charge in [0.05, 0.1) is 17.4 Å². The molecule has 2 heterocycles. The maximum Gasteiger partial charge on any atom is 0.434 e. The molecule has 2 N–H and O–H groups in total. The number of hydrogen-bond donors (Lipinski definition) is 2. The van der Waals surface area contributed by atoms with Gasteiger partial charge < -0.3 is 9.47 Å². The van der Waals surface area contributed by atoms with E-state index in [0.29, 0.717) is 16.2 Å². The highest BCUT2D eigenvalue weighted by atomic mass is 19.4. The van der Waals surface area contributed by atoms with Crippen LogP contribution in [0.5, 0.6) is 11.5 Å². The summed E-state index contributed by atoms with van der Waals surface area (Å²) >= 11 is 0. The van der Waals surface area contributed by atoms with Crippen LogP contribution >= 0.6 is 0 Å². The molecule has 1 atom stereocenters. The molecule has 0 saturated carbocycles. The summed E-state index contributed by atoms with van der Waals surface area (Å²) in [6.45, 7) is 1.66. The van der Waals surface area contributed by atoms with Crippen LogP contribution in [0.1, 0.15) is 21.6 Å². The van der Waals surface area contributed by atoms with Crippen molar-refractivity contribution < 1.29 is 32.2 Å². The summed E-state index contributed by atoms with van der Waals surface area (Å²) in [5.41, 5.74) is 3.03. The summed E-state index contributed by atoms with van der Waals surface area (Å²) in [6.07, 6.45) is -5.18. The third-order valence-electron chi connectivity index (χ3n) is 4.66. The fourth-order valence-electron chi connectivity index (χ4n) is 3.08. The van der Waals surface area contributed by atoms with Gasteiger partial charge in [-0.2, -0.15) is 18.3 Å². The van der Waals surface area contributed by atoms with Crippen molar-refractivity contribution in [3.05, 3.63) is 71.5 Å². The minimum absolute atomic E-state index is 0.127. The van der Waals surface area contributed by atoms with Crippen molar-refractivity contribution in [1.82, 2.24) is 20.6 Å². The Morgan fingerprint density at radius 3 is 2.44 bits per heavy atom. The van der Waals surface area contributed by atoms with E-state index in [0.717, 1.165) is 11.8 Å². The highest BCUT2D eigenvalue weighted by Crippen LogP contribution is 2.34. The molecule has 1 aromatic heterocycles. The molecule has 0 spiro atoms. The minimum atomic E-state index is -4.87. The molecule has 166 valence electrons. The predicted octanol–water partition coefficient (Wildman–Crippen LogP) is 2.80. The van der Waals surface area contributed by atoms with Gasteiger partial charge in [0.25, 0.3) is 11.8 Å². The molecule has 2 amide bonds. The molecule has 0 fully saturated rings. The van der Waals surface area contributed by atoms with E-state index in [-0.39, 0.29) is 12.3 Å². The Kier molecular flexibility index (Phi) is 5.47. The van der Waals surface area contributed by atoms with E-state index in [1.807, 2.05) is 5.43 Å². The van der Waals surface area contributed by atoms with Gasteiger partial charge in [0, 0.05) is 0 Å². The molecule has 0 bridgehead atoms. The topological polar surface area (TPSA) is 94.5 Å². The number of amides is 2. The average Bonchev–Trinajstić information content (AvgIpc) is 3.23. The third-order valence-corrected chi connectivity index (χ3v) is 4.66. The SMILES string of the molecule is Cc1ccc(-n2ncc(C(=O)NNC(=O)C3COc4ccccc4O3)c2C(F)(F)F)cc1. The molecule has 32 heavy (non-hydrogen) atoms. The Morgan fingerprint density at radius 1 is 1.06 bits per heavy atom. The standard InChI is InChI=1S/C21H17F3N4O4/c1-12-6-8-13(9-7-12)28-18(21(22,23)24)14(10-25-28)19(29)26-27-20(30)17-11-31-15-4-2-3-5-16(15)32-17/h2-10,17H,11H2,1H3,(H,26,29)(H,27,30). The number of aromatic nitrogens is 2. The van der Waals surface area contributed by atoms with Crippen molar-refractivity contribution in [1.29, 1.82) is 0 Å². The molecular weight excluding hydrogens is 429 g/mol. The lowest BCUT2D eigenvalue weighted by Gasteiger charge is -2.25. The van der Waals surface area contributed by atoms with Crippen molar-refractivity contribution in [3.63, 3.8) is 0 Å². The number of halogens is 3. The molecule has 1 aliphatic rings. The Bertz CT molecular complexity index is 1160. The number of alkyl halides is 3. The van der Waals surface area contributed by atoms with Crippen LogP contribution in [-0.2, 0) is 11.0 Å². The number of aryl methyl sites for hydroxylation is 1. The van der Waals surface area contributed by atoms with Crippen LogP contribution in [-0.4, -0.2) is 34.3 Å². The zero-order chi connectivity index (χ0) is 22.9. The van der Waals surface area contributed by atoms with Gasteiger partial charge in [-0.1, -0.05) is 29.8 Å². The summed E-state index contributed by atoms with van der Waals surface area (Å²) < 4.78 is 52.7. The van der Waals surface area contributed by atoms with Crippen LogP contribution < -0.4 is 20.3 Å². The Balaban J connectivity index is 1.49. The van der Waals surface area contributed by atoms with Gasteiger partial charge >= 0.3 is 6.18 Å². The zero-order valence-corrected chi connectivity index (χ0v) is 16.6. The molecule has 4 rings (SSSR count). The summed E-state index contributed by atoms with van der Waals surface area (Å²) in [6, 6.07) is 12.9. The first-order chi connectivity index (χ1) is 15.2. The fraction of sp³-hybridized carbons (Fsp3) is 0.190. The van der Waals surface area contributed by atoms with E-state index in [1.54, 1.807) is 43.3 Å². The lowest BCUT2D eigenvalue weighted by Crippen LogP contribution is -2.51. The number of fused-ring (bicyclic) bond motifs is 1. The first-order valence-corrected chi connectivity index (χ1v) is 9.45. The van der Waals surface area contributed by atoms with Crippen LogP contribution in [0.3, 0.4) is 0 Å². The van der Waals surface area contributed by atoms with Crippen LogP contribution in [0.15, 0.2) is 54.7 Å². The zero-order valence-electron chi connectivity index (χ0n) is 16.6. The second-order valence-electron chi connectivity index (χ2n) is 6.96. The number of nitrogens with zero attached hydrogens (tertiary/aromatic N) is 2. The van der Waals surface area contributed by atoms with E-state index >= 15 is 0 Å². The summed E-state index contributed by atoms with van der Waals surface area (Å²) in [5, 5.41) is 3.72. The van der Waals surface area contributed by atoms with E-state index in [9.17, 15) is 22.8 Å². The summed E-state index contributed by atoms with van der Waals surface area (Å²) in [5.74, 6) is -1.17. The van der Waals surface area contributed by atoms with Crippen molar-refractivity contribution in [3.8, 4) is 17.2 Å². The first-order valence-electron chi connectivity index (χ1n) is 9.45. The molecule has 1 unspecified atom stereocenters. The van der Waals surface area contributed by atoms with Crippen LogP contribution in [0, 0.1) is 6.92 Å². The fourth-order valence-corrected chi connectivity index (χ4v) is 3.08. The van der Waals surface area contributed by atoms with Crippen LogP contribution in [0.4, 0.5) is 13.2 Å². The quantitative estimate of drug-likeness (QED) is 0.604. The number of para-hydroxylation sites is 2. The number of hydrazine groups is 1. The number of ether oxygens (including phenoxy) is 2. The molecule has 1 aliphatic heterocycles. The van der Waals surface area contributed by atoms with Crippen molar-refractivity contribution in [2.45, 2.75) is 19.2 Å². The smallest absolute Gasteiger partial charge is 0.434 e. The lowest BCUT2D eigenvalue weighted by atomic mass is 10.2. The van der Waals surface area contributed by atoms with Gasteiger partial charge in [-0.3, -0.25) is 20.4 Å². The Labute approximate surface area is 179 Å². The number of hydrogen-bond acceptors (Lipinski definition) is 5. The molecule has 11 heteroatoms. The van der Waals surface area contributed by atoms with E-state index < -0.39 is 35.4 Å². The van der Waals surface area contributed by atoms with Gasteiger partial charge in [0.2, 0.25) is 6.10 Å². The number of carbonyl (C=O) groups excluding carboxylic acids is 2. The highest BCUT2D eigenvalue weighted by Gasteiger charge is 2.41. The summed E-state index contributed by atoms with van der Waals surface area (Å²) in [7, 11) is 0. The average molecular weight is 446 g/mol. The van der Waals surface area contributed by atoms with Crippen molar-refractivity contribution in [2.75, 3.05) is 6.61 Å². The second-order valence-corrected chi connectivity index (χ2v) is 6.96. The van der Waals surface area contributed by atoms with Crippen LogP contribution in [0.25, 0.3) is 5.69 Å². The van der Waals surface area contributed by atoms with Crippen LogP contribution in [0.2, 0.25) is 0 Å². The van der Waals surface area contributed by atoms with E-state index in [1.165, 1.54) is 12.1 Å². The normalized spacial score (nSPS) is 15.2. The van der Waals surface area contributed by atoms with Gasteiger partial charge in [-0.25, -0.2) is 4.68 Å². The summed E-state index contributed by atoms with van der Waals surface area (Å²) in [4.78, 5) is 24.8. The number of benzene rings is 2. The predicted molar refractivity (Wildman–Crippen MR) is 105 cm³/mol. The molecular formula is C21H17F3N4O4. The molecule has 2 aromatic carbocycles. The largest absolute Gasteiger partial charge is 0.485 e. The third kappa shape index (κ3) is 4.22. The Hall–Kier alpha value is -4.02. The van der Waals surface area contributed by atoms with Crippen molar-refractivity contribution >= 4 is 11.8 Å². The number of carbonyl (C=O) groups is 2. The van der Waals surface area contributed by atoms with Gasteiger partial charge in [0.1, 0.15) is 6.61 Å². The molecule has 0 radical (unpaired) electrons. The van der Waals surface area contributed by atoms with Crippen molar-refractivity contribution in [2.24, 2.45) is 0 Å². The number of nitrogens with one attached hydrogen (secondary N) is 2. The maximum absolute atomic E-state index is 13.7. The number of rotatable bonds is 3. The molecule has 0 aliphatic carbocycles. The second kappa shape index (κ2) is 8.25. The first kappa shape index (κ1) is 21.2. The van der Waals surface area contributed by atoms with Gasteiger partial charge in [-0.05, 0) is 31.2 Å². The van der Waals surface area contributed by atoms with E-state index in [4.69, 9.17) is 9.47 Å².